The number of carboxylic acid groups (broad SMARTS) is 1. The number of carbonyl (C=O) groups excluding carboxylic acids is 1. The molecule has 1 fully saturated rings. The highest BCUT2D eigenvalue weighted by Crippen LogP contribution is 2.38. The summed E-state index contributed by atoms with van der Waals surface area (Å²) >= 11 is 3.09. The zero-order chi connectivity index (χ0) is 15.0. The topological polar surface area (TPSA) is 104 Å². The first-order valence-corrected chi connectivity index (χ1v) is 8.11. The van der Waals surface area contributed by atoms with E-state index in [9.17, 15) is 9.59 Å². The lowest BCUT2D eigenvalue weighted by atomic mass is 9.70. The Balaban J connectivity index is 2.24. The van der Waals surface area contributed by atoms with Crippen LogP contribution >= 0.6 is 15.9 Å². The molecule has 0 heterocycles. The number of hydrogen-bond donors (Lipinski definition) is 4. The molecule has 0 saturated heterocycles. The van der Waals surface area contributed by atoms with E-state index in [2.05, 4.69) is 26.6 Å². The van der Waals surface area contributed by atoms with Gasteiger partial charge in [0.25, 0.3) is 0 Å². The maximum atomic E-state index is 11.0. The first kappa shape index (κ1) is 17.4. The number of hydrogen-bond acceptors (Lipinski definition) is 4. The Morgan fingerprint density at radius 3 is 2.45 bits per heavy atom. The molecule has 1 rings (SSSR count). The molecule has 0 aromatic carbocycles. The first-order valence-electron chi connectivity index (χ1n) is 6.99. The number of amides is 1. The van der Waals surface area contributed by atoms with E-state index in [1.165, 1.54) is 0 Å². The molecular weight excluding hydrogens is 326 g/mol. The lowest BCUT2D eigenvalue weighted by Crippen LogP contribution is -2.44. The van der Waals surface area contributed by atoms with Crippen molar-refractivity contribution in [3.8, 4) is 0 Å². The van der Waals surface area contributed by atoms with Crippen LogP contribution < -0.4 is 16.4 Å². The molecule has 116 valence electrons. The minimum Gasteiger partial charge on any atom is -0.481 e. The molecule has 20 heavy (non-hydrogen) atoms. The monoisotopic (exact) mass is 349 g/mol. The summed E-state index contributed by atoms with van der Waals surface area (Å²) in [5, 5.41) is 15.5. The highest BCUT2D eigenvalue weighted by Gasteiger charge is 2.35. The van der Waals surface area contributed by atoms with E-state index in [0.29, 0.717) is 24.5 Å². The fourth-order valence-corrected chi connectivity index (χ4v) is 2.93. The van der Waals surface area contributed by atoms with E-state index >= 15 is 0 Å². The lowest BCUT2D eigenvalue weighted by Gasteiger charge is -2.38. The minimum atomic E-state index is -0.764. The fraction of sp³-hybridized carbons (Fsp3) is 0.846. The van der Waals surface area contributed by atoms with Gasteiger partial charge in [0.1, 0.15) is 0 Å². The average Bonchev–Trinajstić information content (AvgIpc) is 2.44. The molecular formula is C13H24BrN3O3. The molecule has 0 aromatic rings. The van der Waals surface area contributed by atoms with Crippen molar-refractivity contribution in [1.82, 2.24) is 10.6 Å². The van der Waals surface area contributed by atoms with Gasteiger partial charge in [-0.3, -0.25) is 9.59 Å². The second kappa shape index (κ2) is 8.59. The van der Waals surface area contributed by atoms with E-state index in [1.54, 1.807) is 0 Å². The Bertz CT molecular complexity index is 331. The number of halogens is 1. The molecule has 1 amide bonds. The summed E-state index contributed by atoms with van der Waals surface area (Å²) in [7, 11) is 0. The second-order valence-electron chi connectivity index (χ2n) is 5.49. The summed E-state index contributed by atoms with van der Waals surface area (Å²) in [6, 6.07) is 0.393. The molecule has 5 N–H and O–H groups in total. The Labute approximate surface area is 128 Å². The zero-order valence-electron chi connectivity index (χ0n) is 11.7. The van der Waals surface area contributed by atoms with Crippen LogP contribution in [0.4, 0.5) is 0 Å². The van der Waals surface area contributed by atoms with Gasteiger partial charge in [0.05, 0.1) is 11.8 Å². The quantitative estimate of drug-likeness (QED) is 0.376. The van der Waals surface area contributed by atoms with E-state index < -0.39 is 5.97 Å². The van der Waals surface area contributed by atoms with Crippen LogP contribution in [0.5, 0.6) is 0 Å². The van der Waals surface area contributed by atoms with Gasteiger partial charge < -0.3 is 21.5 Å². The summed E-state index contributed by atoms with van der Waals surface area (Å²) in [6.07, 6.45) is 3.74. The van der Waals surface area contributed by atoms with Gasteiger partial charge in [-0.15, -0.1) is 0 Å². The van der Waals surface area contributed by atoms with Crippen LogP contribution in [0.3, 0.4) is 0 Å². The van der Waals surface area contributed by atoms with Crippen LogP contribution in [0, 0.1) is 5.41 Å². The van der Waals surface area contributed by atoms with Gasteiger partial charge in [-0.2, -0.15) is 0 Å². The summed E-state index contributed by atoms with van der Waals surface area (Å²) in [5.41, 5.74) is 5.54. The predicted octanol–water partition coefficient (Wildman–Crippen LogP) is 0.450. The average molecular weight is 350 g/mol. The molecule has 1 saturated carbocycles. The van der Waals surface area contributed by atoms with E-state index in [0.717, 1.165) is 32.2 Å². The van der Waals surface area contributed by atoms with Gasteiger partial charge in [-0.25, -0.2) is 0 Å². The maximum absolute atomic E-state index is 11.0. The van der Waals surface area contributed by atoms with Crippen molar-refractivity contribution in [3.63, 3.8) is 0 Å². The summed E-state index contributed by atoms with van der Waals surface area (Å²) in [4.78, 5) is 21.9. The third-order valence-electron chi connectivity index (χ3n) is 4.01. The number of nitrogens with two attached hydrogens (primary N) is 1. The summed E-state index contributed by atoms with van der Waals surface area (Å²) in [5.74, 6) is -0.779. The Morgan fingerprint density at radius 1 is 1.30 bits per heavy atom. The number of nitrogens with one attached hydrogen (secondary N) is 2. The molecule has 1 aliphatic rings. The standard InChI is InChI=1S/C13H24BrN3O3/c14-8-11(18)17-6-5-16-10-1-3-13(9-15,4-2-10)7-12(19)20/h10,16H,1-9,15H2,(H,17,18)(H,19,20). The lowest BCUT2D eigenvalue weighted by molar-refractivity contribution is -0.140. The van der Waals surface area contributed by atoms with E-state index in [-0.39, 0.29) is 17.7 Å². The highest BCUT2D eigenvalue weighted by atomic mass is 79.9. The van der Waals surface area contributed by atoms with Gasteiger partial charge >= 0.3 is 5.97 Å². The molecule has 1 aliphatic carbocycles. The third kappa shape index (κ3) is 5.76. The Kier molecular flexibility index (Phi) is 7.47. The van der Waals surface area contributed by atoms with Crippen molar-refractivity contribution < 1.29 is 14.7 Å². The highest BCUT2D eigenvalue weighted by molar-refractivity contribution is 9.09. The normalized spacial score (nSPS) is 26.2. The van der Waals surface area contributed by atoms with E-state index in [1.807, 2.05) is 0 Å². The fourth-order valence-electron chi connectivity index (χ4n) is 2.73. The van der Waals surface area contributed by atoms with Crippen LogP contribution in [0.25, 0.3) is 0 Å². The molecule has 7 heteroatoms. The zero-order valence-corrected chi connectivity index (χ0v) is 13.2. The molecule has 0 atom stereocenters. The molecule has 0 bridgehead atoms. The van der Waals surface area contributed by atoms with Crippen LogP contribution in [0.15, 0.2) is 0 Å². The summed E-state index contributed by atoms with van der Waals surface area (Å²) < 4.78 is 0. The van der Waals surface area contributed by atoms with Gasteiger partial charge in [0, 0.05) is 19.1 Å². The van der Waals surface area contributed by atoms with Crippen molar-refractivity contribution in [2.24, 2.45) is 11.1 Å². The molecule has 0 aliphatic heterocycles. The number of carbonyl (C=O) groups is 2. The number of aliphatic carboxylic acids is 1. The predicted molar refractivity (Wildman–Crippen MR) is 80.8 cm³/mol. The molecule has 0 aromatic heterocycles. The van der Waals surface area contributed by atoms with Crippen molar-refractivity contribution >= 4 is 27.8 Å². The van der Waals surface area contributed by atoms with Crippen LogP contribution in [0.2, 0.25) is 0 Å². The second-order valence-corrected chi connectivity index (χ2v) is 6.05. The Morgan fingerprint density at radius 2 is 1.95 bits per heavy atom. The molecule has 0 unspecified atom stereocenters. The first-order chi connectivity index (χ1) is 9.51. The Hall–Kier alpha value is -0.660. The minimum absolute atomic E-state index is 0.0148. The third-order valence-corrected chi connectivity index (χ3v) is 4.52. The van der Waals surface area contributed by atoms with Gasteiger partial charge in [-0.1, -0.05) is 15.9 Å². The maximum Gasteiger partial charge on any atom is 0.303 e. The SMILES string of the molecule is NCC1(CC(=O)O)CCC(NCCNC(=O)CBr)CC1. The van der Waals surface area contributed by atoms with E-state index in [4.69, 9.17) is 10.8 Å². The van der Waals surface area contributed by atoms with Crippen molar-refractivity contribution in [2.45, 2.75) is 38.1 Å². The van der Waals surface area contributed by atoms with Gasteiger partial charge in [0.15, 0.2) is 0 Å². The summed E-state index contributed by atoms with van der Waals surface area (Å²) in [6.45, 7) is 1.78. The van der Waals surface area contributed by atoms with Crippen LogP contribution in [0.1, 0.15) is 32.1 Å². The number of carboxylic acids is 1. The molecule has 6 nitrogen and oxygen atoms in total. The largest absolute Gasteiger partial charge is 0.481 e. The van der Waals surface area contributed by atoms with Crippen molar-refractivity contribution in [1.29, 1.82) is 0 Å². The number of rotatable bonds is 8. The van der Waals surface area contributed by atoms with Gasteiger partial charge in [0.2, 0.25) is 5.91 Å². The van der Waals surface area contributed by atoms with Crippen molar-refractivity contribution in [3.05, 3.63) is 0 Å². The van der Waals surface area contributed by atoms with Crippen LogP contribution in [-0.4, -0.2) is 48.0 Å². The molecule has 0 spiro atoms. The van der Waals surface area contributed by atoms with Crippen LogP contribution in [-0.2, 0) is 9.59 Å². The smallest absolute Gasteiger partial charge is 0.303 e. The van der Waals surface area contributed by atoms with Crippen molar-refractivity contribution in [2.75, 3.05) is 25.0 Å². The molecule has 0 radical (unpaired) electrons. The number of alkyl halides is 1. The van der Waals surface area contributed by atoms with Gasteiger partial charge in [-0.05, 0) is 37.6 Å².